The van der Waals surface area contributed by atoms with Crippen LogP contribution < -0.4 is 15.4 Å². The van der Waals surface area contributed by atoms with E-state index in [1.165, 1.54) is 12.1 Å². The smallest absolute Gasteiger partial charge is 0.406 e. The number of nitrogens with zero attached hydrogens (tertiary/aromatic N) is 1. The lowest BCUT2D eigenvalue weighted by Crippen LogP contribution is -2.55. The Morgan fingerprint density at radius 3 is 2.36 bits per heavy atom. The first kappa shape index (κ1) is 18.6. The second kappa shape index (κ2) is 7.35. The molecule has 8 heteroatoms. The molecular formula is C20H20F3N3O2. The van der Waals surface area contributed by atoms with Crippen LogP contribution >= 0.6 is 0 Å². The van der Waals surface area contributed by atoms with Crippen LogP contribution in [-0.4, -0.2) is 31.0 Å². The monoisotopic (exact) mass is 391 g/mol. The normalized spacial score (nSPS) is 19.6. The van der Waals surface area contributed by atoms with Gasteiger partial charge in [-0.05, 0) is 29.8 Å². The average Bonchev–Trinajstić information content (AvgIpc) is 2.67. The maximum absolute atomic E-state index is 12.3. The number of ether oxygens (including phenoxy) is 2. The highest BCUT2D eigenvalue weighted by Crippen LogP contribution is 2.36. The number of para-hydroxylation sites is 2. The Balaban J connectivity index is 1.55. The lowest BCUT2D eigenvalue weighted by Gasteiger charge is -2.43. The van der Waals surface area contributed by atoms with Crippen molar-refractivity contribution in [2.45, 2.75) is 31.3 Å². The van der Waals surface area contributed by atoms with E-state index in [0.29, 0.717) is 19.8 Å². The predicted octanol–water partition coefficient (Wildman–Crippen LogP) is 4.57. The zero-order chi connectivity index (χ0) is 19.6. The van der Waals surface area contributed by atoms with Gasteiger partial charge in [0.15, 0.2) is 0 Å². The summed E-state index contributed by atoms with van der Waals surface area (Å²) in [7, 11) is 0. The SMILES string of the molecule is FC(F)(F)Oc1ccc(CN=C2Nc3ccccc3NC23CCOCC3)cc1. The van der Waals surface area contributed by atoms with Gasteiger partial charge in [0.05, 0.1) is 23.5 Å². The molecule has 1 spiro atoms. The number of fused-ring (bicyclic) bond motifs is 1. The van der Waals surface area contributed by atoms with E-state index in [2.05, 4.69) is 15.4 Å². The molecule has 0 saturated carbocycles. The molecule has 0 aliphatic carbocycles. The Morgan fingerprint density at radius 1 is 1.00 bits per heavy atom. The van der Waals surface area contributed by atoms with Gasteiger partial charge in [-0.2, -0.15) is 0 Å². The quantitative estimate of drug-likeness (QED) is 0.805. The summed E-state index contributed by atoms with van der Waals surface area (Å²) in [5.74, 6) is 0.585. The molecule has 2 aromatic rings. The van der Waals surface area contributed by atoms with Gasteiger partial charge in [-0.15, -0.1) is 13.2 Å². The summed E-state index contributed by atoms with van der Waals surface area (Å²) in [6, 6.07) is 13.7. The summed E-state index contributed by atoms with van der Waals surface area (Å²) in [5.41, 5.74) is 2.44. The van der Waals surface area contributed by atoms with Crippen LogP contribution in [0.15, 0.2) is 53.5 Å². The second-order valence-electron chi connectivity index (χ2n) is 6.85. The molecule has 0 radical (unpaired) electrons. The van der Waals surface area contributed by atoms with Crippen molar-refractivity contribution in [3.05, 3.63) is 54.1 Å². The minimum atomic E-state index is -4.69. The second-order valence-corrected chi connectivity index (χ2v) is 6.85. The van der Waals surface area contributed by atoms with Crippen LogP contribution in [0, 0.1) is 0 Å². The average molecular weight is 391 g/mol. The number of amidine groups is 1. The molecule has 2 aliphatic heterocycles. The van der Waals surface area contributed by atoms with Gasteiger partial charge >= 0.3 is 6.36 Å². The molecule has 2 aromatic carbocycles. The van der Waals surface area contributed by atoms with Crippen LogP contribution in [0.2, 0.25) is 0 Å². The van der Waals surface area contributed by atoms with E-state index in [9.17, 15) is 13.2 Å². The third-order valence-electron chi connectivity index (χ3n) is 4.93. The Hall–Kier alpha value is -2.74. The summed E-state index contributed by atoms with van der Waals surface area (Å²) in [6.07, 6.45) is -3.13. The summed E-state index contributed by atoms with van der Waals surface area (Å²) < 4.78 is 46.3. The molecule has 2 heterocycles. The van der Waals surface area contributed by atoms with Gasteiger partial charge in [0, 0.05) is 26.1 Å². The Morgan fingerprint density at radius 2 is 1.68 bits per heavy atom. The van der Waals surface area contributed by atoms with Crippen molar-refractivity contribution in [2.24, 2.45) is 4.99 Å². The highest BCUT2D eigenvalue weighted by molar-refractivity contribution is 6.09. The first-order chi connectivity index (χ1) is 13.4. The number of alkyl halides is 3. The van der Waals surface area contributed by atoms with E-state index < -0.39 is 6.36 Å². The van der Waals surface area contributed by atoms with E-state index in [1.807, 2.05) is 24.3 Å². The van der Waals surface area contributed by atoms with Gasteiger partial charge in [0.1, 0.15) is 11.6 Å². The van der Waals surface area contributed by atoms with E-state index in [1.54, 1.807) is 12.1 Å². The minimum absolute atomic E-state index is 0.240. The predicted molar refractivity (Wildman–Crippen MR) is 101 cm³/mol. The highest BCUT2D eigenvalue weighted by Gasteiger charge is 2.41. The van der Waals surface area contributed by atoms with E-state index >= 15 is 0 Å². The van der Waals surface area contributed by atoms with E-state index in [0.717, 1.165) is 35.6 Å². The summed E-state index contributed by atoms with van der Waals surface area (Å²) in [6.45, 7) is 1.62. The first-order valence-corrected chi connectivity index (χ1v) is 9.05. The summed E-state index contributed by atoms with van der Waals surface area (Å²) in [5, 5.41) is 7.04. The number of hydrogen-bond donors (Lipinski definition) is 2. The number of nitrogens with one attached hydrogen (secondary N) is 2. The van der Waals surface area contributed by atoms with Crippen LogP contribution in [0.5, 0.6) is 5.75 Å². The van der Waals surface area contributed by atoms with Crippen molar-refractivity contribution < 1.29 is 22.6 Å². The van der Waals surface area contributed by atoms with Crippen molar-refractivity contribution >= 4 is 17.2 Å². The molecule has 5 nitrogen and oxygen atoms in total. The van der Waals surface area contributed by atoms with E-state index in [-0.39, 0.29) is 11.3 Å². The van der Waals surface area contributed by atoms with Gasteiger partial charge in [-0.1, -0.05) is 24.3 Å². The van der Waals surface area contributed by atoms with Crippen molar-refractivity contribution in [2.75, 3.05) is 23.8 Å². The zero-order valence-corrected chi connectivity index (χ0v) is 15.1. The third-order valence-corrected chi connectivity index (χ3v) is 4.93. The maximum atomic E-state index is 12.3. The largest absolute Gasteiger partial charge is 0.573 e. The zero-order valence-electron chi connectivity index (χ0n) is 15.1. The van der Waals surface area contributed by atoms with Crippen molar-refractivity contribution in [1.29, 1.82) is 0 Å². The number of hydrogen-bond acceptors (Lipinski definition) is 4. The molecule has 0 bridgehead atoms. The lowest BCUT2D eigenvalue weighted by atomic mass is 9.86. The molecule has 2 N–H and O–H groups in total. The highest BCUT2D eigenvalue weighted by atomic mass is 19.4. The van der Waals surface area contributed by atoms with Crippen LogP contribution in [0.25, 0.3) is 0 Å². The molecular weight excluding hydrogens is 371 g/mol. The Kier molecular flexibility index (Phi) is 4.89. The Labute approximate surface area is 160 Å². The molecule has 1 fully saturated rings. The van der Waals surface area contributed by atoms with Gasteiger partial charge in [-0.25, -0.2) is 0 Å². The molecule has 0 unspecified atom stereocenters. The minimum Gasteiger partial charge on any atom is -0.406 e. The number of benzene rings is 2. The fraction of sp³-hybridized carbons (Fsp3) is 0.350. The maximum Gasteiger partial charge on any atom is 0.573 e. The summed E-state index contributed by atoms with van der Waals surface area (Å²) >= 11 is 0. The Bertz CT molecular complexity index is 860. The number of rotatable bonds is 3. The standard InChI is InChI=1S/C20H20F3N3O2/c21-20(22,23)28-15-7-5-14(6-8-15)13-24-18-19(9-11-27-12-10-19)26-17-4-2-1-3-16(17)25-18/h1-8,26H,9-13H2,(H,24,25). The fourth-order valence-corrected chi connectivity index (χ4v) is 3.50. The number of halogens is 3. The van der Waals surface area contributed by atoms with E-state index in [4.69, 9.17) is 9.73 Å². The topological polar surface area (TPSA) is 54.9 Å². The van der Waals surface area contributed by atoms with Crippen LogP contribution in [0.1, 0.15) is 18.4 Å². The van der Waals surface area contributed by atoms with Crippen molar-refractivity contribution in [1.82, 2.24) is 0 Å². The lowest BCUT2D eigenvalue weighted by molar-refractivity contribution is -0.274. The van der Waals surface area contributed by atoms with Gasteiger partial charge in [0.2, 0.25) is 0 Å². The number of anilines is 2. The summed E-state index contributed by atoms with van der Waals surface area (Å²) in [4.78, 5) is 4.76. The fourth-order valence-electron chi connectivity index (χ4n) is 3.50. The van der Waals surface area contributed by atoms with Gasteiger partial charge in [-0.3, -0.25) is 4.99 Å². The van der Waals surface area contributed by atoms with Crippen LogP contribution in [-0.2, 0) is 11.3 Å². The molecule has 0 aromatic heterocycles. The molecule has 0 amide bonds. The molecule has 2 aliphatic rings. The van der Waals surface area contributed by atoms with Gasteiger partial charge < -0.3 is 20.1 Å². The molecule has 4 rings (SSSR count). The third kappa shape index (κ3) is 4.06. The molecule has 28 heavy (non-hydrogen) atoms. The van der Waals surface area contributed by atoms with Crippen LogP contribution in [0.3, 0.4) is 0 Å². The molecule has 0 atom stereocenters. The van der Waals surface area contributed by atoms with Crippen LogP contribution in [0.4, 0.5) is 24.5 Å². The molecule has 1 saturated heterocycles. The van der Waals surface area contributed by atoms with Crippen molar-refractivity contribution in [3.63, 3.8) is 0 Å². The number of aliphatic imine (C=N–C) groups is 1. The first-order valence-electron chi connectivity index (χ1n) is 9.05. The molecule has 148 valence electrons. The van der Waals surface area contributed by atoms with Gasteiger partial charge in [0.25, 0.3) is 0 Å². The van der Waals surface area contributed by atoms with Crippen molar-refractivity contribution in [3.8, 4) is 5.75 Å².